The number of rotatable bonds is 8. The highest BCUT2D eigenvalue weighted by Crippen LogP contribution is 2.33. The molecule has 2 rings (SSSR count). The van der Waals surface area contributed by atoms with Gasteiger partial charge in [-0.1, -0.05) is 70.7 Å². The highest BCUT2D eigenvalue weighted by molar-refractivity contribution is 5.25. The molecule has 1 aromatic carbocycles. The molecule has 0 heterocycles. The summed E-state index contributed by atoms with van der Waals surface area (Å²) < 4.78 is 0. The van der Waals surface area contributed by atoms with E-state index >= 15 is 0 Å². The van der Waals surface area contributed by atoms with E-state index in [-0.39, 0.29) is 0 Å². The van der Waals surface area contributed by atoms with Crippen LogP contribution in [0.5, 0.6) is 0 Å². The second-order valence-electron chi connectivity index (χ2n) is 7.11. The molecule has 0 aromatic heterocycles. The summed E-state index contributed by atoms with van der Waals surface area (Å²) in [4.78, 5) is 0. The van der Waals surface area contributed by atoms with Crippen molar-refractivity contribution in [3.05, 3.63) is 35.4 Å². The maximum absolute atomic E-state index is 3.66. The smallest absolute Gasteiger partial charge is 0.00147 e. The van der Waals surface area contributed by atoms with Gasteiger partial charge in [-0.3, -0.25) is 0 Å². The first-order valence-electron chi connectivity index (χ1n) is 9.00. The van der Waals surface area contributed by atoms with Crippen molar-refractivity contribution in [1.82, 2.24) is 5.32 Å². The lowest BCUT2D eigenvalue weighted by atomic mass is 9.85. The van der Waals surface area contributed by atoms with Crippen LogP contribution in [0.4, 0.5) is 0 Å². The van der Waals surface area contributed by atoms with Crippen molar-refractivity contribution in [2.75, 3.05) is 13.1 Å². The molecule has 0 saturated heterocycles. The van der Waals surface area contributed by atoms with Crippen molar-refractivity contribution in [1.29, 1.82) is 0 Å². The standard InChI is InChI=1S/C20H33N/c1-4-13-21-15-20(19-7-5-6-8-19)14-17-9-11-18(12-10-17)16(2)3/h9-12,16,19-21H,4-8,13-15H2,1-3H3. The van der Waals surface area contributed by atoms with Gasteiger partial charge in [0.15, 0.2) is 0 Å². The number of hydrogen-bond donors (Lipinski definition) is 1. The van der Waals surface area contributed by atoms with Gasteiger partial charge in [0.05, 0.1) is 0 Å². The lowest BCUT2D eigenvalue weighted by Gasteiger charge is -2.24. The molecule has 21 heavy (non-hydrogen) atoms. The topological polar surface area (TPSA) is 12.0 Å². The number of nitrogens with one attached hydrogen (secondary N) is 1. The van der Waals surface area contributed by atoms with E-state index in [1.807, 2.05) is 0 Å². The van der Waals surface area contributed by atoms with Gasteiger partial charge in [-0.15, -0.1) is 0 Å². The minimum atomic E-state index is 0.635. The molecule has 0 aliphatic heterocycles. The molecule has 1 heteroatoms. The molecule has 0 spiro atoms. The summed E-state index contributed by atoms with van der Waals surface area (Å²) in [6.07, 6.45) is 8.27. The van der Waals surface area contributed by atoms with Crippen LogP contribution in [0, 0.1) is 11.8 Å². The summed E-state index contributed by atoms with van der Waals surface area (Å²) >= 11 is 0. The van der Waals surface area contributed by atoms with Crippen LogP contribution < -0.4 is 5.32 Å². The average Bonchev–Trinajstić information content (AvgIpc) is 3.01. The fraction of sp³-hybridized carbons (Fsp3) is 0.700. The van der Waals surface area contributed by atoms with Gasteiger partial charge in [-0.2, -0.15) is 0 Å². The monoisotopic (exact) mass is 287 g/mol. The maximum Gasteiger partial charge on any atom is -0.00147 e. The van der Waals surface area contributed by atoms with Gasteiger partial charge in [0, 0.05) is 0 Å². The Balaban J connectivity index is 1.95. The Labute approximate surface area is 131 Å². The van der Waals surface area contributed by atoms with Crippen LogP contribution in [0.3, 0.4) is 0 Å². The molecular weight excluding hydrogens is 254 g/mol. The Morgan fingerprint density at radius 3 is 2.33 bits per heavy atom. The largest absolute Gasteiger partial charge is 0.316 e. The van der Waals surface area contributed by atoms with E-state index in [0.29, 0.717) is 5.92 Å². The second-order valence-corrected chi connectivity index (χ2v) is 7.11. The first kappa shape index (κ1) is 16.5. The first-order valence-corrected chi connectivity index (χ1v) is 9.00. The zero-order valence-corrected chi connectivity index (χ0v) is 14.2. The summed E-state index contributed by atoms with van der Waals surface area (Å²) in [6.45, 7) is 9.15. The van der Waals surface area contributed by atoms with E-state index in [1.54, 1.807) is 0 Å². The van der Waals surface area contributed by atoms with Crippen LogP contribution >= 0.6 is 0 Å². The summed E-state index contributed by atoms with van der Waals surface area (Å²) in [7, 11) is 0. The molecule has 1 nitrogen and oxygen atoms in total. The minimum absolute atomic E-state index is 0.635. The van der Waals surface area contributed by atoms with E-state index in [1.165, 1.54) is 56.2 Å². The van der Waals surface area contributed by atoms with Crippen molar-refractivity contribution < 1.29 is 0 Å². The lowest BCUT2D eigenvalue weighted by molar-refractivity contribution is 0.321. The van der Waals surface area contributed by atoms with E-state index in [4.69, 9.17) is 0 Å². The van der Waals surface area contributed by atoms with Gasteiger partial charge in [0.25, 0.3) is 0 Å². The SMILES string of the molecule is CCCNCC(Cc1ccc(C(C)C)cc1)C1CCCC1. The summed E-state index contributed by atoms with van der Waals surface area (Å²) in [5.74, 6) is 2.40. The van der Waals surface area contributed by atoms with Crippen LogP contribution in [-0.2, 0) is 6.42 Å². The molecule has 1 atom stereocenters. The minimum Gasteiger partial charge on any atom is -0.316 e. The Morgan fingerprint density at radius 1 is 1.10 bits per heavy atom. The van der Waals surface area contributed by atoms with Crippen molar-refractivity contribution in [2.24, 2.45) is 11.8 Å². The highest BCUT2D eigenvalue weighted by atomic mass is 14.9. The van der Waals surface area contributed by atoms with Crippen molar-refractivity contribution in [3.63, 3.8) is 0 Å². The van der Waals surface area contributed by atoms with Gasteiger partial charge in [-0.25, -0.2) is 0 Å². The van der Waals surface area contributed by atoms with Gasteiger partial charge in [0.2, 0.25) is 0 Å². The van der Waals surface area contributed by atoms with E-state index < -0.39 is 0 Å². The van der Waals surface area contributed by atoms with Crippen LogP contribution in [-0.4, -0.2) is 13.1 Å². The highest BCUT2D eigenvalue weighted by Gasteiger charge is 2.24. The molecule has 118 valence electrons. The molecule has 0 amide bonds. The lowest BCUT2D eigenvalue weighted by Crippen LogP contribution is -2.29. The number of benzene rings is 1. The third-order valence-electron chi connectivity index (χ3n) is 5.04. The third kappa shape index (κ3) is 5.14. The van der Waals surface area contributed by atoms with Gasteiger partial charge < -0.3 is 5.32 Å². The molecule has 1 aliphatic rings. The second kappa shape index (κ2) is 8.58. The Morgan fingerprint density at radius 2 is 1.76 bits per heavy atom. The summed E-state index contributed by atoms with van der Waals surface area (Å²) in [6, 6.07) is 9.37. The molecule has 1 aromatic rings. The van der Waals surface area contributed by atoms with Crippen molar-refractivity contribution in [2.45, 2.75) is 65.2 Å². The molecule has 1 N–H and O–H groups in total. The first-order chi connectivity index (χ1) is 10.2. The van der Waals surface area contributed by atoms with Gasteiger partial charge >= 0.3 is 0 Å². The quantitative estimate of drug-likeness (QED) is 0.651. The van der Waals surface area contributed by atoms with Crippen molar-refractivity contribution >= 4 is 0 Å². The zero-order valence-electron chi connectivity index (χ0n) is 14.2. The molecule has 0 bridgehead atoms. The fourth-order valence-electron chi connectivity index (χ4n) is 3.64. The predicted molar refractivity (Wildman–Crippen MR) is 92.8 cm³/mol. The maximum atomic E-state index is 3.66. The Hall–Kier alpha value is -0.820. The Kier molecular flexibility index (Phi) is 6.76. The molecule has 1 unspecified atom stereocenters. The summed E-state index contributed by atoms with van der Waals surface area (Å²) in [5, 5.41) is 3.66. The van der Waals surface area contributed by atoms with E-state index in [9.17, 15) is 0 Å². The van der Waals surface area contributed by atoms with Crippen molar-refractivity contribution in [3.8, 4) is 0 Å². The van der Waals surface area contributed by atoms with Gasteiger partial charge in [-0.05, 0) is 54.8 Å². The normalized spacial score (nSPS) is 17.5. The molecule has 1 fully saturated rings. The van der Waals surface area contributed by atoms with Crippen LogP contribution in [0.2, 0.25) is 0 Å². The molecule has 1 saturated carbocycles. The summed E-state index contributed by atoms with van der Waals surface area (Å²) in [5.41, 5.74) is 2.98. The molecular formula is C20H33N. The third-order valence-corrected chi connectivity index (χ3v) is 5.04. The van der Waals surface area contributed by atoms with Gasteiger partial charge in [0.1, 0.15) is 0 Å². The van der Waals surface area contributed by atoms with E-state index in [2.05, 4.69) is 50.4 Å². The fourth-order valence-corrected chi connectivity index (χ4v) is 3.64. The number of hydrogen-bond acceptors (Lipinski definition) is 1. The van der Waals surface area contributed by atoms with Crippen LogP contribution in [0.15, 0.2) is 24.3 Å². The van der Waals surface area contributed by atoms with Crippen LogP contribution in [0.25, 0.3) is 0 Å². The van der Waals surface area contributed by atoms with E-state index in [0.717, 1.165) is 18.4 Å². The van der Waals surface area contributed by atoms with Crippen LogP contribution in [0.1, 0.15) is 69.9 Å². The predicted octanol–water partition coefficient (Wildman–Crippen LogP) is 5.16. The zero-order chi connectivity index (χ0) is 15.1. The molecule has 1 aliphatic carbocycles. The molecule has 0 radical (unpaired) electrons. The average molecular weight is 287 g/mol. The Bertz CT molecular complexity index is 387.